The molecule has 2 aromatic carbocycles. The summed E-state index contributed by atoms with van der Waals surface area (Å²) in [4.78, 5) is 2.08. The number of benzene rings is 2. The Morgan fingerprint density at radius 3 is 2.43 bits per heavy atom. The fourth-order valence-corrected chi connectivity index (χ4v) is 4.25. The molecular weight excluding hydrogens is 420 g/mol. The Morgan fingerprint density at radius 2 is 1.71 bits per heavy atom. The average molecular weight is 447 g/mol. The summed E-state index contributed by atoms with van der Waals surface area (Å²) in [5.74, 6) is 2.73. The normalized spacial score (nSPS) is 21.6. The Balaban J connectivity index is 0.00000225. The Morgan fingerprint density at radius 1 is 0.964 bits per heavy atom. The number of ether oxygens (including phenoxy) is 2. The van der Waals surface area contributed by atoms with Gasteiger partial charge in [-0.25, -0.2) is 0 Å². The standard InChI is InChI=1S/C22H27N2O3.BrH/c1-26-18-13-11-17(12-14-18)22(25)16-23-15-7-3-4-10-21(23)24(22)19-8-5-6-9-20(19)27-2;/h5-6,8-9,11-14,25H,3-4,7,10,15-16H2,1-2H3;1H/q+1;/p-1. The Bertz CT molecular complexity index is 853. The van der Waals surface area contributed by atoms with Gasteiger partial charge < -0.3 is 31.6 Å². The van der Waals surface area contributed by atoms with E-state index in [4.69, 9.17) is 9.47 Å². The predicted octanol–water partition coefficient (Wildman–Crippen LogP) is 0.358. The second-order valence-corrected chi connectivity index (χ2v) is 7.20. The highest BCUT2D eigenvalue weighted by atomic mass is 79.9. The predicted molar refractivity (Wildman–Crippen MR) is 106 cm³/mol. The second-order valence-electron chi connectivity index (χ2n) is 7.20. The van der Waals surface area contributed by atoms with Crippen LogP contribution in [0.2, 0.25) is 0 Å². The molecule has 2 aliphatic heterocycles. The smallest absolute Gasteiger partial charge is 0.275 e. The maximum atomic E-state index is 11.9. The minimum absolute atomic E-state index is 0. The monoisotopic (exact) mass is 446 g/mol. The van der Waals surface area contributed by atoms with Gasteiger partial charge in [-0.1, -0.05) is 12.1 Å². The topological polar surface area (TPSA) is 44.9 Å². The van der Waals surface area contributed by atoms with Crippen molar-refractivity contribution in [3.63, 3.8) is 0 Å². The summed E-state index contributed by atoms with van der Waals surface area (Å²) in [6, 6.07) is 15.6. The van der Waals surface area contributed by atoms with E-state index in [1.165, 1.54) is 12.3 Å². The highest BCUT2D eigenvalue weighted by molar-refractivity contribution is 5.98. The van der Waals surface area contributed by atoms with Gasteiger partial charge in [0, 0.05) is 12.0 Å². The molecule has 6 heteroatoms. The van der Waals surface area contributed by atoms with Crippen LogP contribution in [-0.4, -0.2) is 42.8 Å². The van der Waals surface area contributed by atoms with Crippen LogP contribution in [0.4, 0.5) is 5.69 Å². The van der Waals surface area contributed by atoms with E-state index in [-0.39, 0.29) is 17.0 Å². The first-order chi connectivity index (χ1) is 13.2. The number of para-hydroxylation sites is 2. The first-order valence-electron chi connectivity index (χ1n) is 9.58. The molecule has 0 amide bonds. The second kappa shape index (κ2) is 8.53. The number of rotatable bonds is 4. The molecule has 1 unspecified atom stereocenters. The van der Waals surface area contributed by atoms with E-state index < -0.39 is 5.72 Å². The summed E-state index contributed by atoms with van der Waals surface area (Å²) in [5.41, 5.74) is 0.612. The van der Waals surface area contributed by atoms with Crippen LogP contribution in [0.5, 0.6) is 11.5 Å². The molecule has 0 radical (unpaired) electrons. The van der Waals surface area contributed by atoms with E-state index in [0.717, 1.165) is 48.6 Å². The van der Waals surface area contributed by atoms with Crippen molar-refractivity contribution in [3.8, 4) is 11.5 Å². The minimum Gasteiger partial charge on any atom is -1.00 e. The lowest BCUT2D eigenvalue weighted by Crippen LogP contribution is -3.00. The number of aliphatic hydroxyl groups is 1. The maximum absolute atomic E-state index is 11.9. The zero-order chi connectivity index (χ0) is 18.9. The largest absolute Gasteiger partial charge is 1.00 e. The average Bonchev–Trinajstić information content (AvgIpc) is 2.83. The summed E-state index contributed by atoms with van der Waals surface area (Å²) in [6.07, 6.45) is 4.47. The SMILES string of the molecule is COc1ccc(C2(O)C[N+]3=C(CCCCC3)N2c2ccccc2OC)cc1.[Br-]. The number of amidine groups is 1. The lowest BCUT2D eigenvalue weighted by atomic mass is 9.99. The Hall–Kier alpha value is -2.05. The van der Waals surface area contributed by atoms with E-state index in [9.17, 15) is 5.11 Å². The van der Waals surface area contributed by atoms with Crippen LogP contribution in [0.15, 0.2) is 48.5 Å². The van der Waals surface area contributed by atoms with Crippen LogP contribution in [0, 0.1) is 0 Å². The molecule has 1 N–H and O–H groups in total. The number of anilines is 1. The van der Waals surface area contributed by atoms with Gasteiger partial charge in [-0.2, -0.15) is 4.90 Å². The van der Waals surface area contributed by atoms with Gasteiger partial charge in [-0.15, -0.1) is 0 Å². The van der Waals surface area contributed by atoms with Crippen molar-refractivity contribution in [1.82, 2.24) is 0 Å². The molecule has 28 heavy (non-hydrogen) atoms. The molecule has 0 saturated carbocycles. The molecule has 2 heterocycles. The molecule has 1 atom stereocenters. The first-order valence-corrected chi connectivity index (χ1v) is 9.58. The van der Waals surface area contributed by atoms with Gasteiger partial charge in [0.2, 0.25) is 0 Å². The minimum atomic E-state index is -1.15. The Kier molecular flexibility index (Phi) is 6.30. The van der Waals surface area contributed by atoms with Gasteiger partial charge in [0.15, 0.2) is 18.0 Å². The molecule has 2 aromatic rings. The van der Waals surface area contributed by atoms with Crippen LogP contribution < -0.4 is 31.4 Å². The third kappa shape index (κ3) is 3.51. The zero-order valence-electron chi connectivity index (χ0n) is 16.4. The molecule has 0 saturated heterocycles. The number of methoxy groups -OCH3 is 2. The third-order valence-corrected chi connectivity index (χ3v) is 5.61. The number of halogens is 1. The summed E-state index contributed by atoms with van der Waals surface area (Å²) < 4.78 is 13.3. The summed E-state index contributed by atoms with van der Waals surface area (Å²) >= 11 is 0. The van der Waals surface area contributed by atoms with E-state index in [1.807, 2.05) is 48.5 Å². The quantitative estimate of drug-likeness (QED) is 0.688. The van der Waals surface area contributed by atoms with E-state index in [2.05, 4.69) is 9.48 Å². The van der Waals surface area contributed by atoms with Gasteiger partial charge in [0.1, 0.15) is 5.75 Å². The van der Waals surface area contributed by atoms with Crippen LogP contribution in [-0.2, 0) is 5.72 Å². The van der Waals surface area contributed by atoms with E-state index in [1.54, 1.807) is 14.2 Å². The van der Waals surface area contributed by atoms with Crippen LogP contribution in [0.3, 0.4) is 0 Å². The fraction of sp³-hybridized carbons (Fsp3) is 0.409. The highest BCUT2D eigenvalue weighted by Crippen LogP contribution is 2.41. The van der Waals surface area contributed by atoms with Gasteiger partial charge in [0.25, 0.3) is 11.6 Å². The molecule has 0 spiro atoms. The lowest BCUT2D eigenvalue weighted by molar-refractivity contribution is -0.534. The fourth-order valence-electron chi connectivity index (χ4n) is 4.25. The van der Waals surface area contributed by atoms with Crippen LogP contribution in [0.25, 0.3) is 0 Å². The molecule has 0 aliphatic carbocycles. The van der Waals surface area contributed by atoms with Crippen molar-refractivity contribution in [2.75, 3.05) is 32.2 Å². The van der Waals surface area contributed by atoms with Gasteiger partial charge >= 0.3 is 0 Å². The molecular formula is C22H27BrN2O3. The first kappa shape index (κ1) is 20.7. The molecule has 2 aliphatic rings. The maximum Gasteiger partial charge on any atom is 0.275 e. The zero-order valence-corrected chi connectivity index (χ0v) is 18.0. The number of hydrogen-bond donors (Lipinski definition) is 1. The number of nitrogens with zero attached hydrogens (tertiary/aromatic N) is 2. The third-order valence-electron chi connectivity index (χ3n) is 5.61. The van der Waals surface area contributed by atoms with Gasteiger partial charge in [-0.3, -0.25) is 4.58 Å². The summed E-state index contributed by atoms with van der Waals surface area (Å²) in [7, 11) is 3.33. The van der Waals surface area contributed by atoms with Crippen molar-refractivity contribution in [2.45, 2.75) is 31.4 Å². The lowest BCUT2D eigenvalue weighted by Gasteiger charge is -2.30. The Labute approximate surface area is 177 Å². The molecule has 0 aromatic heterocycles. The van der Waals surface area contributed by atoms with Crippen molar-refractivity contribution in [2.24, 2.45) is 0 Å². The van der Waals surface area contributed by atoms with Crippen LogP contribution >= 0.6 is 0 Å². The van der Waals surface area contributed by atoms with Crippen molar-refractivity contribution >= 4 is 11.5 Å². The van der Waals surface area contributed by atoms with Crippen LogP contribution in [0.1, 0.15) is 31.2 Å². The van der Waals surface area contributed by atoms with E-state index in [0.29, 0.717) is 6.54 Å². The van der Waals surface area contributed by atoms with Gasteiger partial charge in [0.05, 0.1) is 20.8 Å². The molecule has 4 rings (SSSR count). The molecule has 0 fully saturated rings. The van der Waals surface area contributed by atoms with Gasteiger partial charge in [-0.05, 0) is 55.7 Å². The molecule has 150 valence electrons. The number of hydrogen-bond acceptors (Lipinski definition) is 4. The van der Waals surface area contributed by atoms with Crippen molar-refractivity contribution < 1.29 is 36.1 Å². The summed E-state index contributed by atoms with van der Waals surface area (Å²) in [6.45, 7) is 1.52. The van der Waals surface area contributed by atoms with Crippen molar-refractivity contribution in [1.29, 1.82) is 0 Å². The molecule has 5 nitrogen and oxygen atoms in total. The van der Waals surface area contributed by atoms with Crippen molar-refractivity contribution in [3.05, 3.63) is 54.1 Å². The molecule has 0 bridgehead atoms. The highest BCUT2D eigenvalue weighted by Gasteiger charge is 2.54. The van der Waals surface area contributed by atoms with E-state index >= 15 is 0 Å². The summed E-state index contributed by atoms with van der Waals surface area (Å²) in [5, 5.41) is 11.9.